The Balaban J connectivity index is 2.13. The molecule has 2 unspecified atom stereocenters. The number of aliphatic hydroxyl groups excluding tert-OH is 1. The zero-order chi connectivity index (χ0) is 7.40. The molecule has 0 bridgehead atoms. The van der Waals surface area contributed by atoms with Gasteiger partial charge in [0.15, 0.2) is 12.6 Å². The van der Waals surface area contributed by atoms with Crippen LogP contribution in [-0.4, -0.2) is 24.3 Å². The molecule has 1 saturated heterocycles. The number of aliphatic hydroxyl groups is 1. The molecule has 3 heteroatoms. The lowest BCUT2D eigenvalue weighted by molar-refractivity contribution is -0.233. The Bertz CT molecular complexity index is 86.9. The van der Waals surface area contributed by atoms with E-state index in [-0.39, 0.29) is 6.29 Å². The highest BCUT2D eigenvalue weighted by Gasteiger charge is 2.15. The quantitative estimate of drug-likeness (QED) is 0.587. The van der Waals surface area contributed by atoms with Gasteiger partial charge in [0.25, 0.3) is 0 Å². The molecular weight excluding hydrogens is 132 g/mol. The van der Waals surface area contributed by atoms with Crippen molar-refractivity contribution in [2.75, 3.05) is 6.61 Å². The van der Waals surface area contributed by atoms with Crippen LogP contribution in [0.3, 0.4) is 0 Å². The van der Waals surface area contributed by atoms with E-state index < -0.39 is 6.29 Å². The molecule has 1 fully saturated rings. The van der Waals surface area contributed by atoms with Gasteiger partial charge in [-0.1, -0.05) is 0 Å². The normalized spacial score (nSPS) is 30.0. The second-order valence-corrected chi connectivity index (χ2v) is 2.53. The minimum absolute atomic E-state index is 0.172. The van der Waals surface area contributed by atoms with E-state index in [1.165, 1.54) is 0 Å². The summed E-state index contributed by atoms with van der Waals surface area (Å²) >= 11 is 0. The molecule has 10 heavy (non-hydrogen) atoms. The third-order valence-corrected chi connectivity index (χ3v) is 1.49. The van der Waals surface area contributed by atoms with Gasteiger partial charge in [-0.25, -0.2) is 0 Å². The maximum absolute atomic E-state index is 8.80. The SMILES string of the molecule is CC(O)OC1CCCCO1. The van der Waals surface area contributed by atoms with Crippen molar-refractivity contribution >= 4 is 0 Å². The maximum Gasteiger partial charge on any atom is 0.160 e. The second kappa shape index (κ2) is 3.91. The van der Waals surface area contributed by atoms with Crippen molar-refractivity contribution in [3.63, 3.8) is 0 Å². The molecule has 0 aromatic carbocycles. The second-order valence-electron chi connectivity index (χ2n) is 2.53. The van der Waals surface area contributed by atoms with Crippen LogP contribution in [0.4, 0.5) is 0 Å². The molecule has 3 nitrogen and oxygen atoms in total. The Hall–Kier alpha value is -0.120. The number of hydrogen-bond acceptors (Lipinski definition) is 3. The summed E-state index contributed by atoms with van der Waals surface area (Å²) in [5, 5.41) is 8.80. The third kappa shape index (κ3) is 2.64. The van der Waals surface area contributed by atoms with Crippen molar-refractivity contribution in [2.24, 2.45) is 0 Å². The van der Waals surface area contributed by atoms with E-state index >= 15 is 0 Å². The fourth-order valence-electron chi connectivity index (χ4n) is 1.04. The predicted molar refractivity (Wildman–Crippen MR) is 36.4 cm³/mol. The molecule has 0 amide bonds. The van der Waals surface area contributed by atoms with Crippen LogP contribution in [0.5, 0.6) is 0 Å². The minimum Gasteiger partial charge on any atom is -0.368 e. The van der Waals surface area contributed by atoms with Crippen molar-refractivity contribution in [2.45, 2.75) is 38.8 Å². The summed E-state index contributed by atoms with van der Waals surface area (Å²) in [5.41, 5.74) is 0. The summed E-state index contributed by atoms with van der Waals surface area (Å²) in [6, 6.07) is 0. The van der Waals surface area contributed by atoms with Gasteiger partial charge in [-0.3, -0.25) is 0 Å². The van der Waals surface area contributed by atoms with Crippen LogP contribution in [0.2, 0.25) is 0 Å². The Morgan fingerprint density at radius 1 is 1.60 bits per heavy atom. The van der Waals surface area contributed by atoms with Crippen molar-refractivity contribution < 1.29 is 14.6 Å². The van der Waals surface area contributed by atoms with Gasteiger partial charge in [0.2, 0.25) is 0 Å². The van der Waals surface area contributed by atoms with E-state index in [2.05, 4.69) is 0 Å². The molecule has 0 aliphatic carbocycles. The van der Waals surface area contributed by atoms with Crippen molar-refractivity contribution in [3.8, 4) is 0 Å². The van der Waals surface area contributed by atoms with E-state index in [0.29, 0.717) is 0 Å². The van der Waals surface area contributed by atoms with Crippen LogP contribution in [-0.2, 0) is 9.47 Å². The lowest BCUT2D eigenvalue weighted by Gasteiger charge is -2.23. The van der Waals surface area contributed by atoms with Crippen LogP contribution < -0.4 is 0 Å². The summed E-state index contributed by atoms with van der Waals surface area (Å²) in [7, 11) is 0. The van der Waals surface area contributed by atoms with Crippen molar-refractivity contribution in [1.29, 1.82) is 0 Å². The number of ether oxygens (including phenoxy) is 2. The molecule has 1 heterocycles. The Labute approximate surface area is 60.9 Å². The number of hydrogen-bond donors (Lipinski definition) is 1. The van der Waals surface area contributed by atoms with E-state index in [4.69, 9.17) is 14.6 Å². The lowest BCUT2D eigenvalue weighted by Crippen LogP contribution is -2.26. The first-order chi connectivity index (χ1) is 4.79. The molecule has 1 N–H and O–H groups in total. The summed E-state index contributed by atoms with van der Waals surface area (Å²) in [4.78, 5) is 0. The van der Waals surface area contributed by atoms with Crippen LogP contribution in [0.25, 0.3) is 0 Å². The van der Waals surface area contributed by atoms with Crippen molar-refractivity contribution in [1.82, 2.24) is 0 Å². The van der Waals surface area contributed by atoms with Gasteiger partial charge in [0.05, 0.1) is 0 Å². The molecule has 0 radical (unpaired) electrons. The zero-order valence-electron chi connectivity index (χ0n) is 6.25. The van der Waals surface area contributed by atoms with E-state index in [1.54, 1.807) is 6.92 Å². The molecular formula is C7H14O3. The smallest absolute Gasteiger partial charge is 0.160 e. The van der Waals surface area contributed by atoms with Crippen LogP contribution in [0.15, 0.2) is 0 Å². The van der Waals surface area contributed by atoms with Crippen LogP contribution >= 0.6 is 0 Å². The van der Waals surface area contributed by atoms with Gasteiger partial charge in [0.1, 0.15) is 0 Å². The molecule has 0 aromatic rings. The molecule has 0 saturated carbocycles. The van der Waals surface area contributed by atoms with Gasteiger partial charge in [-0.15, -0.1) is 0 Å². The molecule has 1 rings (SSSR count). The van der Waals surface area contributed by atoms with E-state index in [9.17, 15) is 0 Å². The highest BCUT2D eigenvalue weighted by Crippen LogP contribution is 2.14. The minimum atomic E-state index is -0.705. The molecule has 1 aliphatic heterocycles. The van der Waals surface area contributed by atoms with Crippen LogP contribution in [0, 0.1) is 0 Å². The van der Waals surface area contributed by atoms with Crippen LogP contribution in [0.1, 0.15) is 26.2 Å². The Morgan fingerprint density at radius 2 is 2.40 bits per heavy atom. The monoisotopic (exact) mass is 146 g/mol. The summed E-state index contributed by atoms with van der Waals surface area (Å²) < 4.78 is 10.2. The van der Waals surface area contributed by atoms with E-state index in [0.717, 1.165) is 25.9 Å². The van der Waals surface area contributed by atoms with Gasteiger partial charge >= 0.3 is 0 Å². The van der Waals surface area contributed by atoms with Gasteiger partial charge < -0.3 is 14.6 Å². The first-order valence-corrected chi connectivity index (χ1v) is 3.74. The van der Waals surface area contributed by atoms with Gasteiger partial charge in [-0.2, -0.15) is 0 Å². The highest BCUT2D eigenvalue weighted by atomic mass is 16.7. The number of rotatable bonds is 2. The molecule has 2 atom stereocenters. The van der Waals surface area contributed by atoms with Gasteiger partial charge in [-0.05, 0) is 26.2 Å². The predicted octanol–water partition coefficient (Wildman–Crippen LogP) is 0.868. The first-order valence-electron chi connectivity index (χ1n) is 3.74. The topological polar surface area (TPSA) is 38.7 Å². The van der Waals surface area contributed by atoms with Crippen molar-refractivity contribution in [3.05, 3.63) is 0 Å². The zero-order valence-corrected chi connectivity index (χ0v) is 6.25. The third-order valence-electron chi connectivity index (χ3n) is 1.49. The largest absolute Gasteiger partial charge is 0.368 e. The first kappa shape index (κ1) is 7.98. The molecule has 0 spiro atoms. The standard InChI is InChI=1S/C7H14O3/c1-6(8)10-7-4-2-3-5-9-7/h6-8H,2-5H2,1H3. The summed E-state index contributed by atoms with van der Waals surface area (Å²) in [6.45, 7) is 2.36. The average molecular weight is 146 g/mol. The molecule has 0 aromatic heterocycles. The molecule has 1 aliphatic rings. The summed E-state index contributed by atoms with van der Waals surface area (Å²) in [6.07, 6.45) is 2.28. The van der Waals surface area contributed by atoms with Gasteiger partial charge in [0, 0.05) is 6.61 Å². The lowest BCUT2D eigenvalue weighted by atomic mass is 10.2. The summed E-state index contributed by atoms with van der Waals surface area (Å²) in [5.74, 6) is 0. The van der Waals surface area contributed by atoms with E-state index in [1.807, 2.05) is 0 Å². The Kier molecular flexibility index (Phi) is 3.12. The fraction of sp³-hybridized carbons (Fsp3) is 1.00. The fourth-order valence-corrected chi connectivity index (χ4v) is 1.04. The highest BCUT2D eigenvalue weighted by molar-refractivity contribution is 4.53. The average Bonchev–Trinajstić information content (AvgIpc) is 1.88. The Morgan fingerprint density at radius 3 is 2.90 bits per heavy atom. The maximum atomic E-state index is 8.80. The molecule has 60 valence electrons.